The smallest absolute Gasteiger partial charge is 0.171 e. The highest BCUT2D eigenvalue weighted by Crippen LogP contribution is 2.27. The summed E-state index contributed by atoms with van der Waals surface area (Å²) in [4.78, 5) is 2.50. The SMILES string of the molecule is Nc1n[nH]n2c(C3CN4CCNCC4CO3)ccc12. The first-order valence-corrected chi connectivity index (χ1v) is 6.70. The molecule has 2 saturated heterocycles. The van der Waals surface area contributed by atoms with Gasteiger partial charge in [-0.15, -0.1) is 5.10 Å². The molecular formula is C12H18N6O. The van der Waals surface area contributed by atoms with Gasteiger partial charge in [0.2, 0.25) is 0 Å². The minimum Gasteiger partial charge on any atom is -0.380 e. The topological polar surface area (TPSA) is 83.6 Å². The third-order valence-electron chi connectivity index (χ3n) is 4.14. The Morgan fingerprint density at radius 1 is 1.42 bits per heavy atom. The summed E-state index contributed by atoms with van der Waals surface area (Å²) in [6.07, 6.45) is 0.0803. The van der Waals surface area contributed by atoms with E-state index < -0.39 is 0 Å². The Hall–Kier alpha value is -1.57. The van der Waals surface area contributed by atoms with Crippen LogP contribution in [0.25, 0.3) is 5.52 Å². The molecule has 0 bridgehead atoms. The summed E-state index contributed by atoms with van der Waals surface area (Å²) >= 11 is 0. The summed E-state index contributed by atoms with van der Waals surface area (Å²) in [7, 11) is 0. The number of anilines is 1. The molecular weight excluding hydrogens is 244 g/mol. The van der Waals surface area contributed by atoms with E-state index in [0.29, 0.717) is 11.9 Å². The van der Waals surface area contributed by atoms with Crippen LogP contribution >= 0.6 is 0 Å². The van der Waals surface area contributed by atoms with Gasteiger partial charge in [-0.3, -0.25) is 4.90 Å². The monoisotopic (exact) mass is 262 g/mol. The van der Waals surface area contributed by atoms with Crippen LogP contribution in [0.3, 0.4) is 0 Å². The molecule has 2 aromatic rings. The number of hydrogen-bond donors (Lipinski definition) is 3. The normalized spacial score (nSPS) is 28.6. The Kier molecular flexibility index (Phi) is 2.51. The second kappa shape index (κ2) is 4.22. The van der Waals surface area contributed by atoms with E-state index in [0.717, 1.165) is 44.0 Å². The number of aromatic nitrogens is 3. The molecule has 4 rings (SSSR count). The van der Waals surface area contributed by atoms with Gasteiger partial charge in [-0.25, -0.2) is 9.73 Å². The van der Waals surface area contributed by atoms with Crippen LogP contribution in [-0.2, 0) is 4.74 Å². The highest BCUT2D eigenvalue weighted by atomic mass is 16.5. The minimum absolute atomic E-state index is 0.0803. The van der Waals surface area contributed by atoms with Crippen LogP contribution in [0.1, 0.15) is 11.8 Å². The molecule has 0 aromatic carbocycles. The van der Waals surface area contributed by atoms with Crippen molar-refractivity contribution in [2.24, 2.45) is 0 Å². The molecule has 2 aliphatic heterocycles. The molecule has 0 radical (unpaired) electrons. The van der Waals surface area contributed by atoms with Gasteiger partial charge in [-0.05, 0) is 12.1 Å². The van der Waals surface area contributed by atoms with Crippen molar-refractivity contribution in [3.05, 3.63) is 17.8 Å². The maximum Gasteiger partial charge on any atom is 0.171 e. The van der Waals surface area contributed by atoms with Gasteiger partial charge >= 0.3 is 0 Å². The highest BCUT2D eigenvalue weighted by Gasteiger charge is 2.32. The number of nitrogens with one attached hydrogen (secondary N) is 2. The van der Waals surface area contributed by atoms with E-state index in [2.05, 4.69) is 26.6 Å². The molecule has 7 nitrogen and oxygen atoms in total. The third kappa shape index (κ3) is 1.73. The summed E-state index contributed by atoms with van der Waals surface area (Å²) in [5.41, 5.74) is 7.81. The predicted molar refractivity (Wildman–Crippen MR) is 70.9 cm³/mol. The Bertz CT molecular complexity index is 590. The van der Waals surface area contributed by atoms with Crippen molar-refractivity contribution in [3.8, 4) is 0 Å². The average Bonchev–Trinajstić information content (AvgIpc) is 3.02. The van der Waals surface area contributed by atoms with Gasteiger partial charge in [0.15, 0.2) is 5.82 Å². The first kappa shape index (κ1) is 11.3. The fourth-order valence-corrected chi connectivity index (χ4v) is 3.06. The molecule has 0 aliphatic carbocycles. The Morgan fingerprint density at radius 3 is 3.32 bits per heavy atom. The average molecular weight is 262 g/mol. The third-order valence-corrected chi connectivity index (χ3v) is 4.14. The van der Waals surface area contributed by atoms with E-state index >= 15 is 0 Å². The van der Waals surface area contributed by atoms with Gasteiger partial charge in [0, 0.05) is 32.2 Å². The predicted octanol–water partition coefficient (Wildman–Crippen LogP) is -0.410. The zero-order valence-corrected chi connectivity index (χ0v) is 10.7. The number of nitrogen functional groups attached to an aromatic ring is 1. The number of aromatic amines is 1. The molecule has 2 aromatic heterocycles. The van der Waals surface area contributed by atoms with E-state index in [1.807, 2.05) is 10.6 Å². The van der Waals surface area contributed by atoms with Crippen LogP contribution in [0, 0.1) is 0 Å². The fourth-order valence-electron chi connectivity index (χ4n) is 3.06. The molecule has 0 spiro atoms. The second-order valence-electron chi connectivity index (χ2n) is 5.25. The van der Waals surface area contributed by atoms with Crippen molar-refractivity contribution in [2.45, 2.75) is 12.1 Å². The number of piperazine rings is 1. The number of fused-ring (bicyclic) bond motifs is 2. The standard InChI is InChI=1S/C12H18N6O/c13-12-10-2-1-9(18(10)16-15-12)11-6-17-4-3-14-5-8(17)7-19-11/h1-2,8,11,14,16H,3-7H2,(H2,13,15). The lowest BCUT2D eigenvalue weighted by Crippen LogP contribution is -2.57. The van der Waals surface area contributed by atoms with Gasteiger partial charge in [0.1, 0.15) is 11.6 Å². The van der Waals surface area contributed by atoms with Crippen LogP contribution in [0.2, 0.25) is 0 Å². The van der Waals surface area contributed by atoms with Gasteiger partial charge in [0.25, 0.3) is 0 Å². The fraction of sp³-hybridized carbons (Fsp3) is 0.583. The second-order valence-corrected chi connectivity index (χ2v) is 5.25. The van der Waals surface area contributed by atoms with Crippen molar-refractivity contribution in [3.63, 3.8) is 0 Å². The van der Waals surface area contributed by atoms with E-state index in [-0.39, 0.29) is 6.10 Å². The molecule has 2 aliphatic rings. The number of morpholine rings is 1. The number of H-pyrrole nitrogens is 1. The van der Waals surface area contributed by atoms with E-state index in [1.165, 1.54) is 0 Å². The van der Waals surface area contributed by atoms with Crippen LogP contribution in [-0.4, -0.2) is 58.6 Å². The lowest BCUT2D eigenvalue weighted by Gasteiger charge is -2.42. The summed E-state index contributed by atoms with van der Waals surface area (Å²) in [6.45, 7) is 4.87. The van der Waals surface area contributed by atoms with E-state index in [4.69, 9.17) is 10.5 Å². The molecule has 102 valence electrons. The highest BCUT2D eigenvalue weighted by molar-refractivity contribution is 5.65. The van der Waals surface area contributed by atoms with Crippen molar-refractivity contribution in [1.82, 2.24) is 25.0 Å². The van der Waals surface area contributed by atoms with Crippen molar-refractivity contribution in [1.29, 1.82) is 0 Å². The van der Waals surface area contributed by atoms with Gasteiger partial charge in [-0.1, -0.05) is 0 Å². The summed E-state index contributed by atoms with van der Waals surface area (Å²) in [5.74, 6) is 0.530. The first-order valence-electron chi connectivity index (χ1n) is 6.70. The largest absolute Gasteiger partial charge is 0.380 e. The van der Waals surface area contributed by atoms with Crippen molar-refractivity contribution >= 4 is 11.3 Å². The molecule has 7 heteroatoms. The molecule has 0 amide bonds. The minimum atomic E-state index is 0.0803. The van der Waals surface area contributed by atoms with Crippen LogP contribution in [0.4, 0.5) is 5.82 Å². The van der Waals surface area contributed by atoms with Crippen molar-refractivity contribution in [2.75, 3.05) is 38.5 Å². The lowest BCUT2D eigenvalue weighted by atomic mass is 10.1. The molecule has 2 unspecified atom stereocenters. The molecule has 2 atom stereocenters. The number of rotatable bonds is 1. The summed E-state index contributed by atoms with van der Waals surface area (Å²) < 4.78 is 7.94. The van der Waals surface area contributed by atoms with Gasteiger partial charge < -0.3 is 15.8 Å². The molecule has 4 N–H and O–H groups in total. The van der Waals surface area contributed by atoms with Crippen LogP contribution in [0.5, 0.6) is 0 Å². The van der Waals surface area contributed by atoms with Gasteiger partial charge in [0.05, 0.1) is 12.3 Å². The molecule has 2 fully saturated rings. The van der Waals surface area contributed by atoms with Crippen molar-refractivity contribution < 1.29 is 4.74 Å². The van der Waals surface area contributed by atoms with Crippen LogP contribution < -0.4 is 11.1 Å². The number of hydrogen-bond acceptors (Lipinski definition) is 5. The summed E-state index contributed by atoms with van der Waals surface area (Å²) in [6, 6.07) is 4.56. The number of nitrogens with zero attached hydrogens (tertiary/aromatic N) is 3. The van der Waals surface area contributed by atoms with E-state index in [9.17, 15) is 0 Å². The first-order chi connectivity index (χ1) is 9.33. The quantitative estimate of drug-likeness (QED) is 0.651. The Morgan fingerprint density at radius 2 is 2.37 bits per heavy atom. The molecule has 0 saturated carbocycles. The maximum atomic E-state index is 6.02. The zero-order valence-electron chi connectivity index (χ0n) is 10.7. The summed E-state index contributed by atoms with van der Waals surface area (Å²) in [5, 5.41) is 10.4. The maximum absolute atomic E-state index is 6.02. The molecule has 19 heavy (non-hydrogen) atoms. The number of nitrogens with two attached hydrogens (primary N) is 1. The molecule has 4 heterocycles. The van der Waals surface area contributed by atoms with E-state index in [1.54, 1.807) is 0 Å². The van der Waals surface area contributed by atoms with Crippen LogP contribution in [0.15, 0.2) is 12.1 Å². The number of ether oxygens (including phenoxy) is 1. The zero-order chi connectivity index (χ0) is 12.8. The lowest BCUT2D eigenvalue weighted by molar-refractivity contribution is -0.0740. The Labute approximate surface area is 110 Å². The van der Waals surface area contributed by atoms with Gasteiger partial charge in [-0.2, -0.15) is 0 Å². The Balaban J connectivity index is 1.62.